The molecule has 0 atom stereocenters. The fourth-order valence-corrected chi connectivity index (χ4v) is 5.05. The molecule has 4 rings (SSSR count). The number of carbonyl (C=O) groups excluding carboxylic acids is 1. The Balaban J connectivity index is 1.41. The van der Waals surface area contributed by atoms with Gasteiger partial charge in [-0.1, -0.05) is 30.0 Å². The van der Waals surface area contributed by atoms with Gasteiger partial charge in [0, 0.05) is 22.9 Å². The van der Waals surface area contributed by atoms with Gasteiger partial charge in [-0.2, -0.15) is 0 Å². The van der Waals surface area contributed by atoms with Crippen LogP contribution in [0.1, 0.15) is 28.9 Å². The quantitative estimate of drug-likeness (QED) is 0.359. The van der Waals surface area contributed by atoms with E-state index in [1.54, 1.807) is 23.2 Å². The SMILES string of the molecule is CC(=O)N(c1cccc(C)c1)c1nc(CSc2n[nH]c(/C=C/c3cccs3)n2)cs1. The number of anilines is 2. The van der Waals surface area contributed by atoms with Crippen LogP contribution >= 0.6 is 34.4 Å². The van der Waals surface area contributed by atoms with Crippen LogP contribution in [-0.2, 0) is 10.5 Å². The van der Waals surface area contributed by atoms with E-state index in [0.29, 0.717) is 21.9 Å². The first-order valence-corrected chi connectivity index (χ1v) is 11.9. The molecule has 6 nitrogen and oxygen atoms in total. The Kier molecular flexibility index (Phi) is 6.41. The number of thiophene rings is 1. The minimum atomic E-state index is -0.0645. The molecule has 0 saturated heterocycles. The standard InChI is InChI=1S/C21H19N5OS3/c1-14-5-3-6-17(11-14)26(15(2)27)21-22-16(13-30-21)12-29-20-23-19(24-25-20)9-8-18-7-4-10-28-18/h3-11,13H,12H2,1-2H3,(H,23,24,25)/b9-8+. The van der Waals surface area contributed by atoms with Gasteiger partial charge >= 0.3 is 0 Å². The summed E-state index contributed by atoms with van der Waals surface area (Å²) in [5.41, 5.74) is 2.81. The molecule has 0 fully saturated rings. The number of rotatable bonds is 7. The van der Waals surface area contributed by atoms with Crippen LogP contribution < -0.4 is 4.90 Å². The Hall–Kier alpha value is -2.75. The molecule has 0 radical (unpaired) electrons. The lowest BCUT2D eigenvalue weighted by Gasteiger charge is -2.18. The summed E-state index contributed by atoms with van der Waals surface area (Å²) in [7, 11) is 0. The number of aromatic nitrogens is 4. The van der Waals surface area contributed by atoms with Crippen molar-refractivity contribution in [2.24, 2.45) is 0 Å². The Bertz CT molecular complexity index is 1160. The van der Waals surface area contributed by atoms with Gasteiger partial charge in [-0.3, -0.25) is 14.8 Å². The van der Waals surface area contributed by atoms with Crippen LogP contribution in [0.4, 0.5) is 10.8 Å². The molecule has 0 saturated carbocycles. The molecule has 0 aliphatic rings. The first-order chi connectivity index (χ1) is 14.6. The normalized spacial score (nSPS) is 11.3. The van der Waals surface area contributed by atoms with Crippen LogP contribution in [0, 0.1) is 6.92 Å². The molecule has 152 valence electrons. The number of H-pyrrole nitrogens is 1. The predicted octanol–water partition coefficient (Wildman–Crippen LogP) is 5.78. The third-order valence-corrected chi connectivity index (χ3v) is 6.68. The summed E-state index contributed by atoms with van der Waals surface area (Å²) in [5.74, 6) is 1.28. The van der Waals surface area contributed by atoms with E-state index in [-0.39, 0.29) is 5.91 Å². The number of thiazole rings is 1. The van der Waals surface area contributed by atoms with E-state index in [0.717, 1.165) is 16.9 Å². The van der Waals surface area contributed by atoms with Crippen molar-refractivity contribution >= 4 is 63.3 Å². The lowest BCUT2D eigenvalue weighted by atomic mass is 10.2. The molecule has 3 heterocycles. The summed E-state index contributed by atoms with van der Waals surface area (Å²) >= 11 is 4.63. The van der Waals surface area contributed by atoms with Crippen LogP contribution in [0.15, 0.2) is 52.3 Å². The van der Waals surface area contributed by atoms with Crippen molar-refractivity contribution in [3.05, 3.63) is 69.1 Å². The molecule has 1 amide bonds. The maximum absolute atomic E-state index is 12.3. The van der Waals surface area contributed by atoms with E-state index < -0.39 is 0 Å². The summed E-state index contributed by atoms with van der Waals surface area (Å²) in [4.78, 5) is 24.2. The fourth-order valence-electron chi connectivity index (χ4n) is 2.74. The maximum atomic E-state index is 12.3. The number of amides is 1. The number of nitrogens with one attached hydrogen (secondary N) is 1. The Morgan fingerprint density at radius 1 is 1.20 bits per heavy atom. The van der Waals surface area contributed by atoms with E-state index in [9.17, 15) is 4.79 Å². The van der Waals surface area contributed by atoms with Gasteiger partial charge < -0.3 is 0 Å². The monoisotopic (exact) mass is 453 g/mol. The number of aryl methyl sites for hydroxylation is 1. The molecule has 0 unspecified atom stereocenters. The van der Waals surface area contributed by atoms with E-state index in [1.165, 1.54) is 28.0 Å². The van der Waals surface area contributed by atoms with Crippen molar-refractivity contribution in [3.63, 3.8) is 0 Å². The van der Waals surface area contributed by atoms with Gasteiger partial charge in [0.25, 0.3) is 0 Å². The summed E-state index contributed by atoms with van der Waals surface area (Å²) in [6.45, 7) is 3.56. The Morgan fingerprint density at radius 2 is 2.10 bits per heavy atom. The number of nitrogens with zero attached hydrogens (tertiary/aromatic N) is 4. The highest BCUT2D eigenvalue weighted by Crippen LogP contribution is 2.31. The van der Waals surface area contributed by atoms with Gasteiger partial charge in [0.2, 0.25) is 11.1 Å². The van der Waals surface area contributed by atoms with Gasteiger partial charge in [0.05, 0.1) is 11.4 Å². The Labute approximate surface area is 186 Å². The topological polar surface area (TPSA) is 74.8 Å². The maximum Gasteiger partial charge on any atom is 0.230 e. The molecule has 3 aromatic heterocycles. The lowest BCUT2D eigenvalue weighted by Crippen LogP contribution is -2.22. The van der Waals surface area contributed by atoms with Crippen molar-refractivity contribution in [2.75, 3.05) is 4.90 Å². The van der Waals surface area contributed by atoms with E-state index in [4.69, 9.17) is 0 Å². The summed E-state index contributed by atoms with van der Waals surface area (Å²) in [6, 6.07) is 11.9. The number of carbonyl (C=O) groups is 1. The van der Waals surface area contributed by atoms with E-state index in [2.05, 4.69) is 20.2 Å². The summed E-state index contributed by atoms with van der Waals surface area (Å²) < 4.78 is 0. The molecular weight excluding hydrogens is 434 g/mol. The van der Waals surface area contributed by atoms with Crippen LogP contribution in [0.3, 0.4) is 0 Å². The smallest absolute Gasteiger partial charge is 0.230 e. The van der Waals surface area contributed by atoms with Gasteiger partial charge in [-0.15, -0.1) is 27.8 Å². The molecular formula is C21H19N5OS3. The molecule has 30 heavy (non-hydrogen) atoms. The highest BCUT2D eigenvalue weighted by molar-refractivity contribution is 7.98. The predicted molar refractivity (Wildman–Crippen MR) is 125 cm³/mol. The van der Waals surface area contributed by atoms with Crippen molar-refractivity contribution in [2.45, 2.75) is 24.8 Å². The third kappa shape index (κ3) is 5.05. The fraction of sp³-hybridized carbons (Fsp3) is 0.143. The van der Waals surface area contributed by atoms with E-state index >= 15 is 0 Å². The average Bonchev–Trinajstić information content (AvgIpc) is 3.47. The highest BCUT2D eigenvalue weighted by Gasteiger charge is 2.18. The number of benzene rings is 1. The molecule has 1 N–H and O–H groups in total. The molecule has 0 aliphatic heterocycles. The molecule has 0 bridgehead atoms. The van der Waals surface area contributed by atoms with Crippen LogP contribution in [0.25, 0.3) is 12.2 Å². The molecule has 1 aromatic carbocycles. The first kappa shape index (κ1) is 20.5. The van der Waals surface area contributed by atoms with E-state index in [1.807, 2.05) is 66.2 Å². The van der Waals surface area contributed by atoms with Crippen LogP contribution in [0.2, 0.25) is 0 Å². The second-order valence-corrected chi connectivity index (χ2v) is 9.21. The van der Waals surface area contributed by atoms with Crippen LogP contribution in [0.5, 0.6) is 0 Å². The first-order valence-electron chi connectivity index (χ1n) is 9.17. The second kappa shape index (κ2) is 9.38. The number of thioether (sulfide) groups is 1. The zero-order valence-electron chi connectivity index (χ0n) is 16.4. The number of aromatic amines is 1. The van der Waals surface area contributed by atoms with Crippen molar-refractivity contribution in [1.82, 2.24) is 20.2 Å². The van der Waals surface area contributed by atoms with Crippen molar-refractivity contribution in [3.8, 4) is 0 Å². The van der Waals surface area contributed by atoms with Crippen LogP contribution in [-0.4, -0.2) is 26.1 Å². The zero-order valence-corrected chi connectivity index (χ0v) is 18.9. The number of hydrogen-bond acceptors (Lipinski definition) is 7. The van der Waals surface area contributed by atoms with Gasteiger partial charge in [-0.25, -0.2) is 9.97 Å². The number of hydrogen-bond donors (Lipinski definition) is 1. The molecule has 4 aromatic rings. The van der Waals surface area contributed by atoms with Crippen molar-refractivity contribution < 1.29 is 4.79 Å². The summed E-state index contributed by atoms with van der Waals surface area (Å²) in [6.07, 6.45) is 3.92. The second-order valence-electron chi connectivity index (χ2n) is 6.46. The van der Waals surface area contributed by atoms with Gasteiger partial charge in [-0.05, 0) is 48.2 Å². The minimum Gasteiger partial charge on any atom is -0.274 e. The highest BCUT2D eigenvalue weighted by atomic mass is 32.2. The van der Waals surface area contributed by atoms with Gasteiger partial charge in [0.1, 0.15) is 5.82 Å². The summed E-state index contributed by atoms with van der Waals surface area (Å²) in [5, 5.41) is 12.5. The zero-order chi connectivity index (χ0) is 20.9. The lowest BCUT2D eigenvalue weighted by molar-refractivity contribution is -0.115. The molecule has 0 spiro atoms. The van der Waals surface area contributed by atoms with Gasteiger partial charge in [0.15, 0.2) is 5.13 Å². The third-order valence-electron chi connectivity index (χ3n) is 4.09. The average molecular weight is 454 g/mol. The Morgan fingerprint density at radius 3 is 2.87 bits per heavy atom. The largest absolute Gasteiger partial charge is 0.274 e. The molecule has 0 aliphatic carbocycles. The minimum absolute atomic E-state index is 0.0645. The molecule has 9 heteroatoms. The van der Waals surface area contributed by atoms with Crippen molar-refractivity contribution in [1.29, 1.82) is 0 Å².